The number of rotatable bonds is 4. The summed E-state index contributed by atoms with van der Waals surface area (Å²) in [7, 11) is 0. The van der Waals surface area contributed by atoms with Crippen LogP contribution < -0.4 is 11.3 Å². The van der Waals surface area contributed by atoms with E-state index in [1.807, 2.05) is 6.07 Å². The van der Waals surface area contributed by atoms with Crippen LogP contribution in [0.15, 0.2) is 36.7 Å². The van der Waals surface area contributed by atoms with E-state index in [2.05, 4.69) is 28.6 Å². The van der Waals surface area contributed by atoms with E-state index in [0.717, 1.165) is 12.0 Å². The maximum absolute atomic E-state index is 6.20. The van der Waals surface area contributed by atoms with Gasteiger partial charge in [-0.05, 0) is 54.0 Å². The third-order valence-electron chi connectivity index (χ3n) is 3.98. The number of fused-ring (bicyclic) bond motifs is 1. The maximum Gasteiger partial charge on any atom is 0.0637 e. The fraction of sp³-hybridized carbons (Fsp3) is 0.312. The van der Waals surface area contributed by atoms with Crippen molar-refractivity contribution in [3.05, 3.63) is 63.9 Å². The summed E-state index contributed by atoms with van der Waals surface area (Å²) >= 11 is 6.20. The molecule has 3 nitrogen and oxygen atoms in total. The van der Waals surface area contributed by atoms with E-state index < -0.39 is 0 Å². The highest BCUT2D eigenvalue weighted by Crippen LogP contribution is 2.27. The molecule has 1 aromatic heterocycles. The molecule has 0 fully saturated rings. The van der Waals surface area contributed by atoms with Gasteiger partial charge in [-0.25, -0.2) is 0 Å². The summed E-state index contributed by atoms with van der Waals surface area (Å²) in [6.07, 6.45) is 7.91. The first-order chi connectivity index (χ1) is 9.78. The number of benzene rings is 1. The van der Waals surface area contributed by atoms with Crippen LogP contribution in [-0.4, -0.2) is 4.98 Å². The van der Waals surface area contributed by atoms with Crippen molar-refractivity contribution in [2.75, 3.05) is 0 Å². The van der Waals surface area contributed by atoms with Gasteiger partial charge in [-0.2, -0.15) is 0 Å². The van der Waals surface area contributed by atoms with Crippen LogP contribution in [0, 0.1) is 0 Å². The first kappa shape index (κ1) is 13.6. The molecule has 0 saturated carbocycles. The van der Waals surface area contributed by atoms with E-state index >= 15 is 0 Å². The largest absolute Gasteiger partial charge is 0.271 e. The molecule has 0 spiro atoms. The van der Waals surface area contributed by atoms with Crippen molar-refractivity contribution in [1.29, 1.82) is 0 Å². The Bertz CT molecular complexity index is 612. The maximum atomic E-state index is 6.20. The fourth-order valence-electron chi connectivity index (χ4n) is 2.92. The number of pyridine rings is 1. The Balaban J connectivity index is 1.83. The van der Waals surface area contributed by atoms with Gasteiger partial charge in [-0.3, -0.25) is 16.3 Å². The van der Waals surface area contributed by atoms with Crippen LogP contribution in [0.4, 0.5) is 0 Å². The number of hydrogen-bond donors (Lipinski definition) is 2. The Kier molecular flexibility index (Phi) is 4.01. The van der Waals surface area contributed by atoms with Gasteiger partial charge in [0.2, 0.25) is 0 Å². The van der Waals surface area contributed by atoms with Crippen LogP contribution >= 0.6 is 11.6 Å². The summed E-state index contributed by atoms with van der Waals surface area (Å²) < 4.78 is 0. The smallest absolute Gasteiger partial charge is 0.0637 e. The van der Waals surface area contributed by atoms with Gasteiger partial charge in [0, 0.05) is 12.4 Å². The SMILES string of the molecule is NNC(Cc1ccc2c(c1)CCC2)c1ccncc1Cl. The Morgan fingerprint density at radius 2 is 2.10 bits per heavy atom. The number of hydrazine groups is 1. The second-order valence-electron chi connectivity index (χ2n) is 5.28. The molecule has 1 unspecified atom stereocenters. The van der Waals surface area contributed by atoms with Crippen LogP contribution in [0.5, 0.6) is 0 Å². The molecule has 1 aliphatic carbocycles. The van der Waals surface area contributed by atoms with E-state index in [1.54, 1.807) is 12.4 Å². The highest BCUT2D eigenvalue weighted by molar-refractivity contribution is 6.31. The Morgan fingerprint density at radius 3 is 2.90 bits per heavy atom. The molecule has 2 aromatic rings. The van der Waals surface area contributed by atoms with Crippen molar-refractivity contribution in [3.63, 3.8) is 0 Å². The minimum absolute atomic E-state index is 0.00459. The van der Waals surface area contributed by atoms with Gasteiger partial charge in [-0.1, -0.05) is 29.8 Å². The second-order valence-corrected chi connectivity index (χ2v) is 5.68. The monoisotopic (exact) mass is 287 g/mol. The van der Waals surface area contributed by atoms with E-state index in [-0.39, 0.29) is 6.04 Å². The number of hydrogen-bond acceptors (Lipinski definition) is 3. The molecule has 0 radical (unpaired) electrons. The van der Waals surface area contributed by atoms with E-state index in [9.17, 15) is 0 Å². The van der Waals surface area contributed by atoms with Gasteiger partial charge >= 0.3 is 0 Å². The molecule has 3 N–H and O–H groups in total. The van der Waals surface area contributed by atoms with Crippen LogP contribution in [-0.2, 0) is 19.3 Å². The third-order valence-corrected chi connectivity index (χ3v) is 4.30. The third kappa shape index (κ3) is 2.70. The molecule has 104 valence electrons. The molecule has 0 bridgehead atoms. The zero-order valence-corrected chi connectivity index (χ0v) is 12.0. The lowest BCUT2D eigenvalue weighted by atomic mass is 9.97. The molecule has 0 amide bonds. The van der Waals surface area contributed by atoms with Crippen molar-refractivity contribution >= 4 is 11.6 Å². The average molecular weight is 288 g/mol. The molecular formula is C16H18ClN3. The zero-order chi connectivity index (χ0) is 13.9. The molecular weight excluding hydrogens is 270 g/mol. The standard InChI is InChI=1S/C16H18ClN3/c17-15-10-19-7-6-14(15)16(20-18)9-11-4-5-12-2-1-3-13(12)8-11/h4-8,10,16,20H,1-3,9,18H2. The number of halogens is 1. The Hall–Kier alpha value is -1.42. The fourth-order valence-corrected chi connectivity index (χ4v) is 3.17. The van der Waals surface area contributed by atoms with Gasteiger partial charge < -0.3 is 0 Å². The minimum Gasteiger partial charge on any atom is -0.271 e. The van der Waals surface area contributed by atoms with Gasteiger partial charge in [0.05, 0.1) is 11.1 Å². The molecule has 0 aliphatic heterocycles. The van der Waals surface area contributed by atoms with Crippen molar-refractivity contribution in [2.24, 2.45) is 5.84 Å². The van der Waals surface area contributed by atoms with Crippen LogP contribution in [0.25, 0.3) is 0 Å². The molecule has 4 heteroatoms. The molecule has 1 atom stereocenters. The summed E-state index contributed by atoms with van der Waals surface area (Å²) in [6, 6.07) is 8.68. The molecule has 0 saturated heterocycles. The van der Waals surface area contributed by atoms with E-state index in [4.69, 9.17) is 17.4 Å². The summed E-state index contributed by atoms with van der Waals surface area (Å²) in [5.41, 5.74) is 8.13. The van der Waals surface area contributed by atoms with Gasteiger partial charge in [0.15, 0.2) is 0 Å². The first-order valence-electron chi connectivity index (χ1n) is 6.94. The molecule has 1 heterocycles. The van der Waals surface area contributed by atoms with Gasteiger partial charge in [0.1, 0.15) is 0 Å². The van der Waals surface area contributed by atoms with Crippen molar-refractivity contribution in [3.8, 4) is 0 Å². The summed E-state index contributed by atoms with van der Waals surface area (Å²) in [6.45, 7) is 0. The Labute approximate surface area is 124 Å². The quantitative estimate of drug-likeness (QED) is 0.671. The topological polar surface area (TPSA) is 50.9 Å². The minimum atomic E-state index is 0.00459. The van der Waals surface area contributed by atoms with E-state index in [1.165, 1.54) is 36.0 Å². The first-order valence-corrected chi connectivity index (χ1v) is 7.32. The van der Waals surface area contributed by atoms with Crippen LogP contribution in [0.2, 0.25) is 5.02 Å². The molecule has 3 rings (SSSR count). The highest BCUT2D eigenvalue weighted by atomic mass is 35.5. The number of nitrogens with zero attached hydrogens (tertiary/aromatic N) is 1. The molecule has 1 aliphatic rings. The molecule has 20 heavy (non-hydrogen) atoms. The number of aryl methyl sites for hydroxylation is 2. The van der Waals surface area contributed by atoms with Gasteiger partial charge in [0.25, 0.3) is 0 Å². The van der Waals surface area contributed by atoms with Crippen molar-refractivity contribution in [2.45, 2.75) is 31.7 Å². The van der Waals surface area contributed by atoms with Crippen molar-refractivity contribution < 1.29 is 0 Å². The number of aromatic nitrogens is 1. The predicted octanol–water partition coefficient (Wildman–Crippen LogP) is 2.97. The summed E-state index contributed by atoms with van der Waals surface area (Å²) in [5.74, 6) is 5.71. The normalized spacial score (nSPS) is 15.1. The summed E-state index contributed by atoms with van der Waals surface area (Å²) in [4.78, 5) is 4.02. The lowest BCUT2D eigenvalue weighted by Crippen LogP contribution is -2.29. The lowest BCUT2D eigenvalue weighted by molar-refractivity contribution is 0.551. The van der Waals surface area contributed by atoms with Gasteiger partial charge in [-0.15, -0.1) is 0 Å². The summed E-state index contributed by atoms with van der Waals surface area (Å²) in [5, 5.41) is 0.650. The number of nitrogens with two attached hydrogens (primary N) is 1. The van der Waals surface area contributed by atoms with Crippen molar-refractivity contribution in [1.82, 2.24) is 10.4 Å². The Morgan fingerprint density at radius 1 is 1.25 bits per heavy atom. The highest BCUT2D eigenvalue weighted by Gasteiger charge is 2.16. The number of nitrogens with one attached hydrogen (secondary N) is 1. The zero-order valence-electron chi connectivity index (χ0n) is 11.3. The predicted molar refractivity (Wildman–Crippen MR) is 81.5 cm³/mol. The van der Waals surface area contributed by atoms with Crippen LogP contribution in [0.3, 0.4) is 0 Å². The van der Waals surface area contributed by atoms with Crippen LogP contribution in [0.1, 0.15) is 34.7 Å². The molecule has 1 aromatic carbocycles. The second kappa shape index (κ2) is 5.92. The average Bonchev–Trinajstić information content (AvgIpc) is 2.93. The lowest BCUT2D eigenvalue weighted by Gasteiger charge is -2.18. The van der Waals surface area contributed by atoms with E-state index in [0.29, 0.717) is 5.02 Å².